The summed E-state index contributed by atoms with van der Waals surface area (Å²) in [4.78, 5) is 8.60. The molecule has 0 aliphatic heterocycles. The van der Waals surface area contributed by atoms with E-state index in [0.29, 0.717) is 24.9 Å². The van der Waals surface area contributed by atoms with Gasteiger partial charge in [-0.15, -0.1) is 0 Å². The minimum Gasteiger partial charge on any atom is -0.374 e. The maximum Gasteiger partial charge on any atom is 0.158 e. The summed E-state index contributed by atoms with van der Waals surface area (Å²) < 4.78 is 5.30. The van der Waals surface area contributed by atoms with Crippen molar-refractivity contribution in [3.63, 3.8) is 0 Å². The van der Waals surface area contributed by atoms with E-state index in [-0.39, 0.29) is 5.41 Å². The lowest BCUT2D eigenvalue weighted by molar-refractivity contribution is 0.128. The van der Waals surface area contributed by atoms with Crippen molar-refractivity contribution < 1.29 is 4.74 Å². The molecular weight excluding hydrogens is 230 g/mol. The van der Waals surface area contributed by atoms with Gasteiger partial charge in [0.1, 0.15) is 18.2 Å². The van der Waals surface area contributed by atoms with Crippen LogP contribution in [0, 0.1) is 5.41 Å². The summed E-state index contributed by atoms with van der Waals surface area (Å²) in [6, 6.07) is 1.78. The van der Waals surface area contributed by atoms with Gasteiger partial charge in [-0.05, 0) is 12.3 Å². The molecule has 1 heterocycles. The fraction of sp³-hybridized carbons (Fsp3) is 0.667. The van der Waals surface area contributed by atoms with Crippen LogP contribution < -0.4 is 16.6 Å². The largest absolute Gasteiger partial charge is 0.374 e. The van der Waals surface area contributed by atoms with Crippen molar-refractivity contribution in [1.29, 1.82) is 0 Å². The van der Waals surface area contributed by atoms with E-state index in [2.05, 4.69) is 41.5 Å². The Bertz CT molecular complexity index is 375. The Kier molecular flexibility index (Phi) is 5.30. The zero-order valence-corrected chi connectivity index (χ0v) is 11.6. The van der Waals surface area contributed by atoms with Gasteiger partial charge in [0, 0.05) is 19.2 Å². The molecule has 0 amide bonds. The fourth-order valence-corrected chi connectivity index (χ4v) is 1.28. The third kappa shape index (κ3) is 5.29. The number of ether oxygens (including phenoxy) is 1. The molecule has 1 aromatic heterocycles. The van der Waals surface area contributed by atoms with E-state index in [1.807, 2.05) is 6.92 Å². The van der Waals surface area contributed by atoms with Crippen LogP contribution in [0.4, 0.5) is 11.6 Å². The van der Waals surface area contributed by atoms with Gasteiger partial charge in [-0.2, -0.15) is 0 Å². The van der Waals surface area contributed by atoms with Crippen LogP contribution in [0.25, 0.3) is 0 Å². The molecule has 4 N–H and O–H groups in total. The average molecular weight is 253 g/mol. The standard InChI is InChI=1S/C12H23N5O/c1-5-18-7-11-15-9(6-10(16-11)17-13)14-8-12(2,3)4/h6H,5,7-8,13H2,1-4H3,(H2,14,15,16,17). The number of nitrogens with zero attached hydrogens (tertiary/aromatic N) is 2. The second kappa shape index (κ2) is 6.51. The highest BCUT2D eigenvalue weighted by atomic mass is 16.5. The first-order valence-electron chi connectivity index (χ1n) is 6.11. The molecule has 0 aliphatic rings. The van der Waals surface area contributed by atoms with Gasteiger partial charge in [0.05, 0.1) is 0 Å². The molecule has 102 valence electrons. The average Bonchev–Trinajstić information content (AvgIpc) is 2.32. The Morgan fingerprint density at radius 1 is 1.28 bits per heavy atom. The predicted octanol–water partition coefficient (Wildman–Crippen LogP) is 1.76. The zero-order valence-electron chi connectivity index (χ0n) is 11.6. The third-order valence-corrected chi connectivity index (χ3v) is 2.16. The lowest BCUT2D eigenvalue weighted by Gasteiger charge is -2.19. The van der Waals surface area contributed by atoms with Crippen molar-refractivity contribution in [3.05, 3.63) is 11.9 Å². The number of hydrazine groups is 1. The van der Waals surface area contributed by atoms with Crippen molar-refractivity contribution >= 4 is 11.6 Å². The summed E-state index contributed by atoms with van der Waals surface area (Å²) in [6.07, 6.45) is 0. The van der Waals surface area contributed by atoms with Crippen LogP contribution in [-0.2, 0) is 11.3 Å². The molecule has 6 heteroatoms. The number of hydrogen-bond acceptors (Lipinski definition) is 6. The summed E-state index contributed by atoms with van der Waals surface area (Å²) in [6.45, 7) is 10.2. The summed E-state index contributed by atoms with van der Waals surface area (Å²) in [5, 5.41) is 3.27. The van der Waals surface area contributed by atoms with Crippen LogP contribution in [-0.4, -0.2) is 23.1 Å². The number of hydrogen-bond donors (Lipinski definition) is 3. The molecular formula is C12H23N5O. The van der Waals surface area contributed by atoms with E-state index < -0.39 is 0 Å². The van der Waals surface area contributed by atoms with Crippen molar-refractivity contribution in [2.45, 2.75) is 34.3 Å². The number of anilines is 2. The predicted molar refractivity (Wildman–Crippen MR) is 73.1 cm³/mol. The second-order valence-corrected chi connectivity index (χ2v) is 5.25. The van der Waals surface area contributed by atoms with Gasteiger partial charge in [-0.3, -0.25) is 0 Å². The Labute approximate surface area is 108 Å². The van der Waals surface area contributed by atoms with Crippen molar-refractivity contribution in [3.8, 4) is 0 Å². The van der Waals surface area contributed by atoms with Gasteiger partial charge in [-0.1, -0.05) is 20.8 Å². The molecule has 0 bridgehead atoms. The van der Waals surface area contributed by atoms with Gasteiger partial charge in [0.15, 0.2) is 5.82 Å². The summed E-state index contributed by atoms with van der Waals surface area (Å²) >= 11 is 0. The molecule has 1 rings (SSSR count). The Morgan fingerprint density at radius 3 is 2.50 bits per heavy atom. The molecule has 0 atom stereocenters. The quantitative estimate of drug-likeness (QED) is 0.529. The van der Waals surface area contributed by atoms with Gasteiger partial charge in [0.25, 0.3) is 0 Å². The molecule has 1 aromatic rings. The highest BCUT2D eigenvalue weighted by molar-refractivity contribution is 5.46. The molecule has 0 saturated carbocycles. The maximum atomic E-state index is 5.39. The molecule has 0 fully saturated rings. The molecule has 18 heavy (non-hydrogen) atoms. The Balaban J connectivity index is 2.76. The molecule has 6 nitrogen and oxygen atoms in total. The van der Waals surface area contributed by atoms with E-state index in [9.17, 15) is 0 Å². The highest BCUT2D eigenvalue weighted by Crippen LogP contribution is 2.16. The first-order valence-corrected chi connectivity index (χ1v) is 6.11. The third-order valence-electron chi connectivity index (χ3n) is 2.16. The van der Waals surface area contributed by atoms with Gasteiger partial charge in [-0.25, -0.2) is 15.8 Å². The van der Waals surface area contributed by atoms with Crippen LogP contribution in [0.15, 0.2) is 6.07 Å². The Hall–Kier alpha value is -1.40. The number of nitrogens with two attached hydrogens (primary N) is 1. The lowest BCUT2D eigenvalue weighted by Crippen LogP contribution is -2.20. The van der Waals surface area contributed by atoms with Crippen molar-refractivity contribution in [2.24, 2.45) is 11.3 Å². The number of aromatic nitrogens is 2. The first kappa shape index (κ1) is 14.7. The van der Waals surface area contributed by atoms with Gasteiger partial charge < -0.3 is 15.5 Å². The normalized spacial score (nSPS) is 11.4. The second-order valence-electron chi connectivity index (χ2n) is 5.25. The van der Waals surface area contributed by atoms with Crippen molar-refractivity contribution in [2.75, 3.05) is 23.9 Å². The molecule has 0 saturated heterocycles. The van der Waals surface area contributed by atoms with Crippen LogP contribution in [0.1, 0.15) is 33.5 Å². The van der Waals surface area contributed by atoms with E-state index >= 15 is 0 Å². The Morgan fingerprint density at radius 2 is 1.94 bits per heavy atom. The number of nitrogen functional groups attached to an aromatic ring is 1. The van der Waals surface area contributed by atoms with E-state index in [0.717, 1.165) is 12.4 Å². The molecule has 0 aliphatic carbocycles. The summed E-state index contributed by atoms with van der Waals surface area (Å²) in [5.41, 5.74) is 2.72. The SMILES string of the molecule is CCOCc1nc(NN)cc(NCC(C)(C)C)n1. The van der Waals surface area contributed by atoms with Gasteiger partial charge >= 0.3 is 0 Å². The molecule has 0 spiro atoms. The topological polar surface area (TPSA) is 85.1 Å². The summed E-state index contributed by atoms with van der Waals surface area (Å²) in [7, 11) is 0. The van der Waals surface area contributed by atoms with E-state index in [1.165, 1.54) is 0 Å². The smallest absolute Gasteiger partial charge is 0.158 e. The maximum absolute atomic E-state index is 5.39. The molecule has 0 aromatic carbocycles. The number of rotatable bonds is 6. The van der Waals surface area contributed by atoms with E-state index in [4.69, 9.17) is 10.6 Å². The van der Waals surface area contributed by atoms with Crippen LogP contribution in [0.2, 0.25) is 0 Å². The first-order chi connectivity index (χ1) is 8.44. The highest BCUT2D eigenvalue weighted by Gasteiger charge is 2.11. The van der Waals surface area contributed by atoms with Gasteiger partial charge in [0.2, 0.25) is 0 Å². The van der Waals surface area contributed by atoms with Crippen molar-refractivity contribution in [1.82, 2.24) is 9.97 Å². The van der Waals surface area contributed by atoms with Crippen LogP contribution in [0.5, 0.6) is 0 Å². The minimum absolute atomic E-state index is 0.182. The molecule has 0 radical (unpaired) electrons. The number of nitrogens with one attached hydrogen (secondary N) is 2. The van der Waals surface area contributed by atoms with Crippen LogP contribution >= 0.6 is 0 Å². The zero-order chi connectivity index (χ0) is 13.6. The van der Waals surface area contributed by atoms with Crippen LogP contribution in [0.3, 0.4) is 0 Å². The monoisotopic (exact) mass is 253 g/mol. The lowest BCUT2D eigenvalue weighted by atomic mass is 9.97. The summed E-state index contributed by atoms with van der Waals surface area (Å²) in [5.74, 6) is 7.34. The fourth-order valence-electron chi connectivity index (χ4n) is 1.28. The van der Waals surface area contributed by atoms with E-state index in [1.54, 1.807) is 6.07 Å². The molecule has 0 unspecified atom stereocenters. The minimum atomic E-state index is 0.182.